The third-order valence-corrected chi connectivity index (χ3v) is 6.46. The number of aromatic hydroxyl groups is 1. The van der Waals surface area contributed by atoms with Crippen molar-refractivity contribution in [3.8, 4) is 5.75 Å². The van der Waals surface area contributed by atoms with Crippen LogP contribution in [0.3, 0.4) is 0 Å². The lowest BCUT2D eigenvalue weighted by Crippen LogP contribution is -2.23. The summed E-state index contributed by atoms with van der Waals surface area (Å²) in [7, 11) is 0. The van der Waals surface area contributed by atoms with Crippen molar-refractivity contribution in [3.63, 3.8) is 0 Å². The average molecular weight is 496 g/mol. The molecule has 1 amide bonds. The van der Waals surface area contributed by atoms with E-state index in [1.165, 1.54) is 16.7 Å². The fraction of sp³-hybridized carbons (Fsp3) is 0.281. The fourth-order valence-corrected chi connectivity index (χ4v) is 4.32. The molecule has 1 aliphatic carbocycles. The van der Waals surface area contributed by atoms with Crippen LogP contribution >= 0.6 is 0 Å². The second-order valence-corrected chi connectivity index (χ2v) is 10.1. The van der Waals surface area contributed by atoms with Crippen LogP contribution in [0.4, 0.5) is 0 Å². The van der Waals surface area contributed by atoms with Crippen LogP contribution in [0.15, 0.2) is 108 Å². The van der Waals surface area contributed by atoms with Crippen LogP contribution in [0.2, 0.25) is 0 Å². The summed E-state index contributed by atoms with van der Waals surface area (Å²) in [6.07, 6.45) is 21.2. The SMILES string of the molecule is CC1=C(/C=C/C(C)=C/C=C/C(C)=C/C(=O)NCCc2ccc(O)cc2)C(C)(C)CC=C1c1cncnc1. The summed E-state index contributed by atoms with van der Waals surface area (Å²) in [5, 5.41) is 12.2. The lowest BCUT2D eigenvalue weighted by Gasteiger charge is -2.32. The summed E-state index contributed by atoms with van der Waals surface area (Å²) < 4.78 is 0. The average Bonchev–Trinajstić information content (AvgIpc) is 2.85. The predicted octanol–water partition coefficient (Wildman–Crippen LogP) is 6.68. The Morgan fingerprint density at radius 1 is 1.08 bits per heavy atom. The summed E-state index contributed by atoms with van der Waals surface area (Å²) in [5.41, 5.74) is 7.92. The molecule has 5 heteroatoms. The number of benzene rings is 1. The van der Waals surface area contributed by atoms with Gasteiger partial charge in [-0.2, -0.15) is 0 Å². The molecule has 2 N–H and O–H groups in total. The molecule has 0 aliphatic heterocycles. The standard InChI is InChI=1S/C32H37N3O2/c1-23(7-6-8-24(2)19-31(37)35-18-16-26-10-12-28(36)13-11-26)9-14-30-25(3)29(15-17-32(30,4)5)27-20-33-22-34-21-27/h6-15,19-22,36H,16-18H2,1-5H3,(H,35,37)/b8-6+,14-9+,23-7+,24-19+. The van der Waals surface area contributed by atoms with E-state index in [0.717, 1.165) is 28.7 Å². The number of amides is 1. The number of nitrogens with zero attached hydrogens (tertiary/aromatic N) is 2. The molecule has 1 aliphatic rings. The molecule has 1 aromatic heterocycles. The number of phenols is 1. The molecule has 5 nitrogen and oxygen atoms in total. The van der Waals surface area contributed by atoms with Crippen LogP contribution in [-0.4, -0.2) is 27.5 Å². The van der Waals surface area contributed by atoms with Crippen molar-refractivity contribution in [1.82, 2.24) is 15.3 Å². The second kappa shape index (κ2) is 12.8. The smallest absolute Gasteiger partial charge is 0.244 e. The molecule has 0 saturated carbocycles. The van der Waals surface area contributed by atoms with E-state index in [9.17, 15) is 9.90 Å². The van der Waals surface area contributed by atoms with Crippen LogP contribution in [0.1, 0.15) is 52.2 Å². The van der Waals surface area contributed by atoms with Gasteiger partial charge < -0.3 is 10.4 Å². The van der Waals surface area contributed by atoms with Gasteiger partial charge in [0.15, 0.2) is 0 Å². The topological polar surface area (TPSA) is 75.1 Å². The summed E-state index contributed by atoms with van der Waals surface area (Å²) in [5.74, 6) is 0.129. The van der Waals surface area contributed by atoms with Gasteiger partial charge in [0.2, 0.25) is 5.91 Å². The minimum absolute atomic E-state index is 0.0464. The highest BCUT2D eigenvalue weighted by molar-refractivity contribution is 5.88. The molecule has 3 rings (SSSR count). The largest absolute Gasteiger partial charge is 0.508 e. The lowest BCUT2D eigenvalue weighted by atomic mass is 9.72. The molecule has 1 aromatic carbocycles. The summed E-state index contributed by atoms with van der Waals surface area (Å²) in [6.45, 7) is 11.2. The molecule has 0 atom stereocenters. The minimum atomic E-state index is -0.115. The Kier molecular flexibility index (Phi) is 9.56. The zero-order valence-corrected chi connectivity index (χ0v) is 22.5. The van der Waals surface area contributed by atoms with Gasteiger partial charge in [0.1, 0.15) is 12.1 Å². The van der Waals surface area contributed by atoms with E-state index in [1.54, 1.807) is 24.5 Å². The molecule has 192 valence electrons. The predicted molar refractivity (Wildman–Crippen MR) is 152 cm³/mol. The van der Waals surface area contributed by atoms with E-state index in [0.29, 0.717) is 13.0 Å². The number of nitrogens with one attached hydrogen (secondary N) is 1. The number of allylic oxidation sites excluding steroid dienone is 11. The van der Waals surface area contributed by atoms with Gasteiger partial charge in [-0.1, -0.05) is 68.0 Å². The van der Waals surface area contributed by atoms with E-state index in [2.05, 4.69) is 61.2 Å². The molecule has 0 fully saturated rings. The molecule has 37 heavy (non-hydrogen) atoms. The maximum atomic E-state index is 12.2. The maximum absolute atomic E-state index is 12.2. The number of carbonyl (C=O) groups is 1. The Morgan fingerprint density at radius 3 is 2.49 bits per heavy atom. The van der Waals surface area contributed by atoms with Crippen molar-refractivity contribution in [1.29, 1.82) is 0 Å². The second-order valence-electron chi connectivity index (χ2n) is 10.1. The molecule has 0 bridgehead atoms. The van der Waals surface area contributed by atoms with Crippen LogP contribution in [0.25, 0.3) is 5.57 Å². The van der Waals surface area contributed by atoms with E-state index < -0.39 is 0 Å². The first-order valence-electron chi connectivity index (χ1n) is 12.6. The first-order chi connectivity index (χ1) is 17.7. The van der Waals surface area contributed by atoms with E-state index in [-0.39, 0.29) is 17.1 Å². The van der Waals surface area contributed by atoms with Crippen molar-refractivity contribution in [2.45, 2.75) is 47.5 Å². The number of phenolic OH excluding ortho intramolecular Hbond substituents is 1. The highest BCUT2D eigenvalue weighted by Gasteiger charge is 2.27. The molecule has 0 spiro atoms. The fourth-order valence-electron chi connectivity index (χ4n) is 4.32. The van der Waals surface area contributed by atoms with Gasteiger partial charge >= 0.3 is 0 Å². The van der Waals surface area contributed by atoms with Gasteiger partial charge in [0.25, 0.3) is 0 Å². The van der Waals surface area contributed by atoms with E-state index in [4.69, 9.17) is 0 Å². The Bertz CT molecular complexity index is 1280. The Hall–Kier alpha value is -3.99. The molecule has 0 saturated heterocycles. The van der Waals surface area contributed by atoms with Gasteiger partial charge in [-0.05, 0) is 79.0 Å². The van der Waals surface area contributed by atoms with E-state index in [1.807, 2.05) is 49.7 Å². The zero-order valence-electron chi connectivity index (χ0n) is 22.5. The van der Waals surface area contributed by atoms with Crippen LogP contribution in [0, 0.1) is 5.41 Å². The van der Waals surface area contributed by atoms with Crippen LogP contribution < -0.4 is 5.32 Å². The zero-order chi connectivity index (χ0) is 26.8. The molecule has 2 aromatic rings. The summed E-state index contributed by atoms with van der Waals surface area (Å²) >= 11 is 0. The van der Waals surface area contributed by atoms with Crippen LogP contribution in [-0.2, 0) is 11.2 Å². The Balaban J connectivity index is 1.58. The molecule has 0 unspecified atom stereocenters. The van der Waals surface area contributed by atoms with Crippen molar-refractivity contribution >= 4 is 11.5 Å². The van der Waals surface area contributed by atoms with Gasteiger partial charge in [0, 0.05) is 30.6 Å². The third-order valence-electron chi connectivity index (χ3n) is 6.46. The normalized spacial score (nSPS) is 16.4. The number of aromatic nitrogens is 2. The number of hydrogen-bond acceptors (Lipinski definition) is 4. The Morgan fingerprint density at radius 2 is 1.78 bits per heavy atom. The first kappa shape index (κ1) is 27.6. The summed E-state index contributed by atoms with van der Waals surface area (Å²) in [6, 6.07) is 7.02. The van der Waals surface area contributed by atoms with Crippen molar-refractivity contribution < 1.29 is 9.90 Å². The first-order valence-corrected chi connectivity index (χ1v) is 12.6. The molecular weight excluding hydrogens is 458 g/mol. The van der Waals surface area contributed by atoms with E-state index >= 15 is 0 Å². The third kappa shape index (κ3) is 8.28. The molecule has 0 radical (unpaired) electrons. The highest BCUT2D eigenvalue weighted by atomic mass is 16.3. The van der Waals surface area contributed by atoms with Crippen LogP contribution in [0.5, 0.6) is 5.75 Å². The highest BCUT2D eigenvalue weighted by Crippen LogP contribution is 2.43. The van der Waals surface area contributed by atoms with Gasteiger partial charge in [-0.25, -0.2) is 9.97 Å². The minimum Gasteiger partial charge on any atom is -0.508 e. The van der Waals surface area contributed by atoms with Crippen molar-refractivity contribution in [3.05, 3.63) is 119 Å². The molecular formula is C32H37N3O2. The van der Waals surface area contributed by atoms with Crippen molar-refractivity contribution in [2.75, 3.05) is 6.54 Å². The van der Waals surface area contributed by atoms with Gasteiger partial charge in [-0.3, -0.25) is 4.79 Å². The maximum Gasteiger partial charge on any atom is 0.244 e. The van der Waals surface area contributed by atoms with Gasteiger partial charge in [0.05, 0.1) is 0 Å². The Labute approximate surface area is 220 Å². The number of hydrogen-bond donors (Lipinski definition) is 2. The number of carbonyl (C=O) groups excluding carboxylic acids is 1. The van der Waals surface area contributed by atoms with Gasteiger partial charge in [-0.15, -0.1) is 0 Å². The lowest BCUT2D eigenvalue weighted by molar-refractivity contribution is -0.116. The van der Waals surface area contributed by atoms with Crippen molar-refractivity contribution in [2.24, 2.45) is 5.41 Å². The molecule has 1 heterocycles. The summed E-state index contributed by atoms with van der Waals surface area (Å²) in [4.78, 5) is 20.5. The quantitative estimate of drug-likeness (QED) is 0.301. The monoisotopic (exact) mass is 495 g/mol. The number of rotatable bonds is 9.